The van der Waals surface area contributed by atoms with Crippen LogP contribution in [-0.4, -0.2) is 33.9 Å². The molecule has 0 aromatic heterocycles. The summed E-state index contributed by atoms with van der Waals surface area (Å²) in [6.07, 6.45) is 0. The molecule has 3 rings (SSSR count). The highest BCUT2D eigenvalue weighted by Crippen LogP contribution is 2.63. The normalized spacial score (nSPS) is 26.3. The molecule has 24 heavy (non-hydrogen) atoms. The molecule has 1 aliphatic rings. The molecule has 0 bridgehead atoms. The summed E-state index contributed by atoms with van der Waals surface area (Å²) >= 11 is 0. The topological polar surface area (TPSA) is 69.4 Å². The zero-order chi connectivity index (χ0) is 17.4. The van der Waals surface area contributed by atoms with Crippen LogP contribution in [0.15, 0.2) is 59.5 Å². The first-order valence-corrected chi connectivity index (χ1v) is 9.25. The van der Waals surface area contributed by atoms with Gasteiger partial charge in [-0.15, -0.1) is 0 Å². The van der Waals surface area contributed by atoms with E-state index in [4.69, 9.17) is 10.5 Å². The predicted molar refractivity (Wildman–Crippen MR) is 89.9 cm³/mol. The van der Waals surface area contributed by atoms with E-state index in [0.717, 1.165) is 5.56 Å². The van der Waals surface area contributed by atoms with Crippen molar-refractivity contribution in [3.05, 3.63) is 66.0 Å². The molecule has 0 spiro atoms. The van der Waals surface area contributed by atoms with E-state index in [2.05, 4.69) is 0 Å². The summed E-state index contributed by atoms with van der Waals surface area (Å²) in [5.41, 5.74) is 6.03. The molecule has 128 valence electrons. The Morgan fingerprint density at radius 1 is 1.12 bits per heavy atom. The van der Waals surface area contributed by atoms with Gasteiger partial charge >= 0.3 is 0 Å². The predicted octanol–water partition coefficient (Wildman–Crippen LogP) is 2.36. The molecule has 2 aromatic carbocycles. The first-order valence-electron chi connectivity index (χ1n) is 7.71. The molecule has 0 saturated heterocycles. The molecule has 4 nitrogen and oxygen atoms in total. The Morgan fingerprint density at radius 2 is 1.75 bits per heavy atom. The molecule has 1 aliphatic carbocycles. The molecule has 0 radical (unpaired) electrons. The minimum Gasteiger partial charge on any atom is -0.384 e. The van der Waals surface area contributed by atoms with Crippen molar-refractivity contribution in [2.75, 3.05) is 20.3 Å². The number of halogens is 1. The number of sulfone groups is 1. The molecule has 0 heterocycles. The fraction of sp³-hybridized carbons (Fsp3) is 0.333. The van der Waals surface area contributed by atoms with E-state index >= 15 is 0 Å². The SMILES string of the molecule is COC[C@]1(CN)[C@H](c2ccc(F)cc2)[C@@H]1S(=O)(=O)c1ccccc1. The zero-order valence-corrected chi connectivity index (χ0v) is 14.2. The Hall–Kier alpha value is -1.76. The zero-order valence-electron chi connectivity index (χ0n) is 13.4. The number of hydrogen-bond acceptors (Lipinski definition) is 4. The van der Waals surface area contributed by atoms with Gasteiger partial charge in [-0.1, -0.05) is 30.3 Å². The molecule has 0 unspecified atom stereocenters. The minimum atomic E-state index is -3.57. The second-order valence-corrected chi connectivity index (χ2v) is 8.25. The largest absolute Gasteiger partial charge is 0.384 e. The summed E-state index contributed by atoms with van der Waals surface area (Å²) in [5.74, 6) is -0.666. The van der Waals surface area contributed by atoms with E-state index in [-0.39, 0.29) is 29.8 Å². The Balaban J connectivity index is 2.05. The van der Waals surface area contributed by atoms with Gasteiger partial charge in [0, 0.05) is 25.0 Å². The number of rotatable bonds is 6. The maximum atomic E-state index is 13.2. The molecule has 1 saturated carbocycles. The molecule has 2 N–H and O–H groups in total. The number of ether oxygens (including phenoxy) is 1. The van der Waals surface area contributed by atoms with Crippen LogP contribution in [0.5, 0.6) is 0 Å². The van der Waals surface area contributed by atoms with Crippen LogP contribution in [0.2, 0.25) is 0 Å². The van der Waals surface area contributed by atoms with Crippen molar-refractivity contribution in [1.82, 2.24) is 0 Å². The summed E-state index contributed by atoms with van der Waals surface area (Å²) in [5, 5.41) is -0.678. The standard InChI is InChI=1S/C18H20FNO3S/c1-23-12-18(11-20)16(13-7-9-14(19)10-8-13)17(18)24(21,22)15-5-3-2-4-6-15/h2-10,16-17H,11-12,20H2,1H3/t16-,17+,18-/m1/s1. The number of nitrogens with two attached hydrogens (primary N) is 1. The van der Waals surface area contributed by atoms with Crippen LogP contribution in [0.4, 0.5) is 4.39 Å². The van der Waals surface area contributed by atoms with Gasteiger partial charge in [0.25, 0.3) is 0 Å². The van der Waals surface area contributed by atoms with Crippen molar-refractivity contribution in [2.24, 2.45) is 11.1 Å². The van der Waals surface area contributed by atoms with Crippen molar-refractivity contribution < 1.29 is 17.5 Å². The van der Waals surface area contributed by atoms with Crippen LogP contribution in [0, 0.1) is 11.2 Å². The van der Waals surface area contributed by atoms with Crippen LogP contribution < -0.4 is 5.73 Å². The molecule has 0 aliphatic heterocycles. The third-order valence-electron chi connectivity index (χ3n) is 4.81. The first-order chi connectivity index (χ1) is 11.5. The van der Waals surface area contributed by atoms with Crippen LogP contribution in [0.3, 0.4) is 0 Å². The molecular weight excluding hydrogens is 329 g/mol. The van der Waals surface area contributed by atoms with Gasteiger partial charge in [0.15, 0.2) is 9.84 Å². The van der Waals surface area contributed by atoms with E-state index in [1.165, 1.54) is 19.2 Å². The summed E-state index contributed by atoms with van der Waals surface area (Å²) < 4.78 is 44.7. The second-order valence-electron chi connectivity index (χ2n) is 6.18. The molecule has 3 atom stereocenters. The lowest BCUT2D eigenvalue weighted by Crippen LogP contribution is -2.28. The van der Waals surface area contributed by atoms with Gasteiger partial charge < -0.3 is 10.5 Å². The van der Waals surface area contributed by atoms with Gasteiger partial charge in [0.1, 0.15) is 5.82 Å². The van der Waals surface area contributed by atoms with Crippen LogP contribution in [0.1, 0.15) is 11.5 Å². The summed E-state index contributed by atoms with van der Waals surface area (Å²) in [7, 11) is -2.04. The number of benzene rings is 2. The fourth-order valence-corrected chi connectivity index (χ4v) is 6.08. The van der Waals surface area contributed by atoms with Crippen molar-refractivity contribution in [1.29, 1.82) is 0 Å². The fourth-order valence-electron chi connectivity index (χ4n) is 3.62. The van der Waals surface area contributed by atoms with Crippen LogP contribution >= 0.6 is 0 Å². The highest BCUT2D eigenvalue weighted by molar-refractivity contribution is 7.92. The van der Waals surface area contributed by atoms with E-state index in [1.54, 1.807) is 42.5 Å². The van der Waals surface area contributed by atoms with E-state index in [1.807, 2.05) is 0 Å². The van der Waals surface area contributed by atoms with Gasteiger partial charge in [-0.3, -0.25) is 0 Å². The average Bonchev–Trinajstić information content (AvgIpc) is 3.26. The van der Waals surface area contributed by atoms with Gasteiger partial charge in [0.2, 0.25) is 0 Å². The van der Waals surface area contributed by atoms with Crippen LogP contribution in [-0.2, 0) is 14.6 Å². The van der Waals surface area contributed by atoms with Gasteiger partial charge in [-0.25, -0.2) is 12.8 Å². The maximum absolute atomic E-state index is 13.2. The summed E-state index contributed by atoms with van der Waals surface area (Å²) in [4.78, 5) is 0.272. The Bertz CT molecular complexity index is 808. The smallest absolute Gasteiger partial charge is 0.182 e. The Morgan fingerprint density at radius 3 is 2.29 bits per heavy atom. The monoisotopic (exact) mass is 349 g/mol. The molecular formula is C18H20FNO3S. The second kappa shape index (κ2) is 6.27. The lowest BCUT2D eigenvalue weighted by atomic mass is 10.00. The Kier molecular flexibility index (Phi) is 4.46. The summed E-state index contributed by atoms with van der Waals surface area (Å²) in [6.45, 7) is 0.419. The highest BCUT2D eigenvalue weighted by Gasteiger charge is 2.70. The van der Waals surface area contributed by atoms with Crippen molar-refractivity contribution in [3.63, 3.8) is 0 Å². The molecule has 0 amide bonds. The summed E-state index contributed by atoms with van der Waals surface area (Å²) in [6, 6.07) is 14.3. The van der Waals surface area contributed by atoms with Gasteiger partial charge in [-0.05, 0) is 29.8 Å². The lowest BCUT2D eigenvalue weighted by molar-refractivity contribution is 0.142. The Labute approximate surface area is 141 Å². The van der Waals surface area contributed by atoms with Crippen LogP contribution in [0.25, 0.3) is 0 Å². The van der Waals surface area contributed by atoms with Gasteiger partial charge in [0.05, 0.1) is 16.8 Å². The van der Waals surface area contributed by atoms with E-state index in [0.29, 0.717) is 0 Å². The van der Waals surface area contributed by atoms with Crippen molar-refractivity contribution >= 4 is 9.84 Å². The molecule has 6 heteroatoms. The molecule has 2 aromatic rings. The number of hydrogen-bond donors (Lipinski definition) is 1. The maximum Gasteiger partial charge on any atom is 0.182 e. The highest BCUT2D eigenvalue weighted by atomic mass is 32.2. The third kappa shape index (κ3) is 2.64. The lowest BCUT2D eigenvalue weighted by Gasteiger charge is -2.14. The quantitative estimate of drug-likeness (QED) is 0.869. The van der Waals surface area contributed by atoms with E-state index in [9.17, 15) is 12.8 Å². The van der Waals surface area contributed by atoms with Crippen molar-refractivity contribution in [2.45, 2.75) is 16.1 Å². The first kappa shape index (κ1) is 17.1. The third-order valence-corrected chi connectivity index (χ3v) is 7.15. The average molecular weight is 349 g/mol. The minimum absolute atomic E-state index is 0.180. The number of methoxy groups -OCH3 is 1. The van der Waals surface area contributed by atoms with E-state index < -0.39 is 20.5 Å². The molecule has 1 fully saturated rings. The van der Waals surface area contributed by atoms with Gasteiger partial charge in [-0.2, -0.15) is 0 Å². The van der Waals surface area contributed by atoms with Crippen molar-refractivity contribution in [3.8, 4) is 0 Å².